The lowest BCUT2D eigenvalue weighted by Gasteiger charge is -2.05. The zero-order valence-corrected chi connectivity index (χ0v) is 7.11. The van der Waals surface area contributed by atoms with Crippen molar-refractivity contribution >= 4 is 18.4 Å². The lowest BCUT2D eigenvalue weighted by Crippen LogP contribution is -1.98. The van der Waals surface area contributed by atoms with E-state index in [-0.39, 0.29) is 0 Å². The molecule has 13 heavy (non-hydrogen) atoms. The van der Waals surface area contributed by atoms with Crippen molar-refractivity contribution in [1.82, 2.24) is 0 Å². The number of nitrogens with one attached hydrogen (secondary N) is 1. The molecule has 0 atom stereocenters. The summed E-state index contributed by atoms with van der Waals surface area (Å²) in [7, 11) is 1.51. The molecule has 0 aromatic heterocycles. The number of rotatable bonds is 4. The number of ether oxygens (including phenoxy) is 1. The molecule has 0 spiro atoms. The molecule has 0 radical (unpaired) electrons. The van der Waals surface area contributed by atoms with E-state index in [0.29, 0.717) is 29.7 Å². The molecular weight excluding hydrogens is 170 g/mol. The van der Waals surface area contributed by atoms with E-state index in [4.69, 9.17) is 4.74 Å². The summed E-state index contributed by atoms with van der Waals surface area (Å²) in [5.41, 5.74) is 0.872. The smallest absolute Gasteiger partial charge is 0.211 e. The molecule has 1 N–H and O–H groups in total. The van der Waals surface area contributed by atoms with Crippen molar-refractivity contribution in [2.75, 3.05) is 12.4 Å². The summed E-state index contributed by atoms with van der Waals surface area (Å²) < 4.78 is 4.93. The zero-order chi connectivity index (χ0) is 9.68. The average molecular weight is 179 g/mol. The monoisotopic (exact) mass is 179 g/mol. The average Bonchev–Trinajstić information content (AvgIpc) is 2.18. The number of carbonyl (C=O) groups excluding carboxylic acids is 2. The van der Waals surface area contributed by atoms with Crippen LogP contribution in [0, 0.1) is 0 Å². The molecule has 0 aliphatic heterocycles. The molecule has 0 aliphatic carbocycles. The van der Waals surface area contributed by atoms with Crippen LogP contribution in [0.4, 0.5) is 5.69 Å². The summed E-state index contributed by atoms with van der Waals surface area (Å²) in [5, 5.41) is 2.41. The summed E-state index contributed by atoms with van der Waals surface area (Å²) in [6, 6.07) is 4.81. The largest absolute Gasteiger partial charge is 0.497 e. The summed E-state index contributed by atoms with van der Waals surface area (Å²) in [6.07, 6.45) is 1.19. The molecule has 0 saturated carbocycles. The molecule has 0 heterocycles. The quantitative estimate of drug-likeness (QED) is 0.703. The van der Waals surface area contributed by atoms with Gasteiger partial charge < -0.3 is 10.1 Å². The first kappa shape index (κ1) is 9.25. The Bertz CT molecular complexity index is 323. The first-order valence-electron chi connectivity index (χ1n) is 3.65. The van der Waals surface area contributed by atoms with E-state index in [9.17, 15) is 9.59 Å². The number of benzene rings is 1. The van der Waals surface area contributed by atoms with Gasteiger partial charge in [0.1, 0.15) is 5.75 Å². The maximum absolute atomic E-state index is 10.5. The second-order valence-corrected chi connectivity index (χ2v) is 2.33. The lowest BCUT2D eigenvalue weighted by molar-refractivity contribution is -0.105. The molecule has 0 aliphatic rings. The van der Waals surface area contributed by atoms with Gasteiger partial charge in [-0.25, -0.2) is 0 Å². The third-order valence-corrected chi connectivity index (χ3v) is 1.60. The van der Waals surface area contributed by atoms with Crippen molar-refractivity contribution < 1.29 is 14.3 Å². The third-order valence-electron chi connectivity index (χ3n) is 1.60. The third kappa shape index (κ3) is 2.05. The molecular formula is C9H9NO3. The SMILES string of the molecule is COc1ccc(C=O)c(NC=O)c1. The fourth-order valence-corrected chi connectivity index (χ4v) is 0.954. The van der Waals surface area contributed by atoms with Crippen LogP contribution in [-0.4, -0.2) is 19.8 Å². The van der Waals surface area contributed by atoms with Gasteiger partial charge >= 0.3 is 0 Å². The highest BCUT2D eigenvalue weighted by molar-refractivity contribution is 5.89. The minimum Gasteiger partial charge on any atom is -0.497 e. The van der Waals surface area contributed by atoms with Crippen LogP contribution in [0.25, 0.3) is 0 Å². The van der Waals surface area contributed by atoms with Crippen LogP contribution in [0.5, 0.6) is 5.75 Å². The number of carbonyl (C=O) groups is 2. The van der Waals surface area contributed by atoms with Crippen LogP contribution in [0.3, 0.4) is 0 Å². The van der Waals surface area contributed by atoms with Crippen LogP contribution in [-0.2, 0) is 4.79 Å². The molecule has 0 unspecified atom stereocenters. The van der Waals surface area contributed by atoms with Gasteiger partial charge in [-0.3, -0.25) is 9.59 Å². The Kier molecular flexibility index (Phi) is 3.03. The summed E-state index contributed by atoms with van der Waals surface area (Å²) in [4.78, 5) is 20.7. The van der Waals surface area contributed by atoms with Crippen LogP contribution >= 0.6 is 0 Å². The minimum absolute atomic E-state index is 0.424. The summed E-state index contributed by atoms with van der Waals surface area (Å²) >= 11 is 0. The number of amides is 1. The molecule has 0 fully saturated rings. The van der Waals surface area contributed by atoms with Gasteiger partial charge in [0.15, 0.2) is 6.29 Å². The molecule has 1 amide bonds. The van der Waals surface area contributed by atoms with Gasteiger partial charge in [0.2, 0.25) is 6.41 Å². The number of anilines is 1. The molecule has 1 rings (SSSR count). The first-order valence-corrected chi connectivity index (χ1v) is 3.65. The van der Waals surface area contributed by atoms with E-state index >= 15 is 0 Å². The zero-order valence-electron chi connectivity index (χ0n) is 7.11. The van der Waals surface area contributed by atoms with E-state index in [0.717, 1.165) is 0 Å². The molecule has 0 saturated heterocycles. The standard InChI is InChI=1S/C9H9NO3/c1-13-8-3-2-7(5-11)9(4-8)10-6-12/h2-6H,1H3,(H,10,12). The van der Waals surface area contributed by atoms with Gasteiger partial charge in [-0.05, 0) is 12.1 Å². The lowest BCUT2D eigenvalue weighted by atomic mass is 10.2. The number of aldehydes is 1. The fraction of sp³-hybridized carbons (Fsp3) is 0.111. The van der Waals surface area contributed by atoms with Crippen LogP contribution in [0.1, 0.15) is 10.4 Å². The van der Waals surface area contributed by atoms with Crippen LogP contribution < -0.4 is 10.1 Å². The van der Waals surface area contributed by atoms with Crippen molar-refractivity contribution in [1.29, 1.82) is 0 Å². The molecule has 1 aromatic rings. The Balaban J connectivity index is 3.08. The van der Waals surface area contributed by atoms with Crippen molar-refractivity contribution in [2.45, 2.75) is 0 Å². The normalized spacial score (nSPS) is 9.00. The van der Waals surface area contributed by atoms with Gasteiger partial charge in [0.05, 0.1) is 12.8 Å². The van der Waals surface area contributed by atoms with Gasteiger partial charge in [-0.1, -0.05) is 0 Å². The van der Waals surface area contributed by atoms with Gasteiger partial charge in [0, 0.05) is 11.6 Å². The second-order valence-electron chi connectivity index (χ2n) is 2.33. The number of hydrogen-bond donors (Lipinski definition) is 1. The van der Waals surface area contributed by atoms with Crippen molar-refractivity contribution in [3.8, 4) is 5.75 Å². The highest BCUT2D eigenvalue weighted by atomic mass is 16.5. The fourth-order valence-electron chi connectivity index (χ4n) is 0.954. The Morgan fingerprint density at radius 3 is 2.69 bits per heavy atom. The Hall–Kier alpha value is -1.84. The van der Waals surface area contributed by atoms with E-state index in [1.807, 2.05) is 0 Å². The molecule has 68 valence electrons. The van der Waals surface area contributed by atoms with E-state index in [1.165, 1.54) is 7.11 Å². The second kappa shape index (κ2) is 4.25. The maximum Gasteiger partial charge on any atom is 0.211 e. The van der Waals surface area contributed by atoms with E-state index in [1.54, 1.807) is 18.2 Å². The number of hydrogen-bond acceptors (Lipinski definition) is 3. The maximum atomic E-state index is 10.5. The van der Waals surface area contributed by atoms with Gasteiger partial charge in [-0.15, -0.1) is 0 Å². The summed E-state index contributed by atoms with van der Waals surface area (Å²) in [6.45, 7) is 0. The highest BCUT2D eigenvalue weighted by Crippen LogP contribution is 2.20. The molecule has 0 bridgehead atoms. The van der Waals surface area contributed by atoms with Crippen molar-refractivity contribution in [3.63, 3.8) is 0 Å². The number of methoxy groups -OCH3 is 1. The van der Waals surface area contributed by atoms with Crippen molar-refractivity contribution in [2.24, 2.45) is 0 Å². The predicted octanol–water partition coefficient (Wildman–Crippen LogP) is 1.08. The Morgan fingerprint density at radius 1 is 1.38 bits per heavy atom. The Morgan fingerprint density at radius 2 is 2.15 bits per heavy atom. The predicted molar refractivity (Wildman–Crippen MR) is 48.1 cm³/mol. The molecule has 4 heteroatoms. The van der Waals surface area contributed by atoms with E-state index in [2.05, 4.69) is 5.32 Å². The van der Waals surface area contributed by atoms with Gasteiger partial charge in [-0.2, -0.15) is 0 Å². The van der Waals surface area contributed by atoms with Crippen LogP contribution in [0.15, 0.2) is 18.2 Å². The van der Waals surface area contributed by atoms with Crippen LogP contribution in [0.2, 0.25) is 0 Å². The summed E-state index contributed by atoms with van der Waals surface area (Å²) in [5.74, 6) is 0.593. The van der Waals surface area contributed by atoms with E-state index < -0.39 is 0 Å². The highest BCUT2D eigenvalue weighted by Gasteiger charge is 2.01. The minimum atomic E-state index is 0.424. The van der Waals surface area contributed by atoms with Gasteiger partial charge in [0.25, 0.3) is 0 Å². The molecule has 1 aromatic carbocycles. The first-order chi connectivity index (χ1) is 6.31. The van der Waals surface area contributed by atoms with Crippen molar-refractivity contribution in [3.05, 3.63) is 23.8 Å². The molecule has 4 nitrogen and oxygen atoms in total. The topological polar surface area (TPSA) is 55.4 Å². The Labute approximate surface area is 75.5 Å².